The maximum Gasteiger partial charge on any atom is 0.332 e. The van der Waals surface area contributed by atoms with Gasteiger partial charge in [-0.1, -0.05) is 12.1 Å². The average molecular weight is 441 g/mol. The van der Waals surface area contributed by atoms with Gasteiger partial charge in [0.2, 0.25) is 0 Å². The van der Waals surface area contributed by atoms with Crippen LogP contribution in [0.15, 0.2) is 27.8 Å². The minimum absolute atomic E-state index is 0.0358. The number of ether oxygens (including phenoxy) is 3. The van der Waals surface area contributed by atoms with E-state index in [1.807, 2.05) is 37.3 Å². The average Bonchev–Trinajstić information content (AvgIpc) is 3.41. The lowest BCUT2D eigenvalue weighted by Gasteiger charge is -2.15. The third kappa shape index (κ3) is 3.84. The maximum absolute atomic E-state index is 12.8. The highest BCUT2D eigenvalue weighted by Crippen LogP contribution is 2.31. The van der Waals surface area contributed by atoms with Crippen molar-refractivity contribution in [1.29, 1.82) is 0 Å². The molecule has 0 aliphatic carbocycles. The Morgan fingerprint density at radius 3 is 2.59 bits per heavy atom. The number of imidazole rings is 1. The van der Waals surface area contributed by atoms with E-state index in [0.717, 1.165) is 12.0 Å². The van der Waals surface area contributed by atoms with E-state index < -0.39 is 0 Å². The summed E-state index contributed by atoms with van der Waals surface area (Å²) in [5, 5.41) is 0. The molecule has 0 radical (unpaired) electrons. The van der Waals surface area contributed by atoms with Crippen LogP contribution in [0.4, 0.5) is 0 Å². The van der Waals surface area contributed by atoms with E-state index in [1.54, 1.807) is 25.6 Å². The second-order valence-electron chi connectivity index (χ2n) is 7.62. The first kappa shape index (κ1) is 21.9. The van der Waals surface area contributed by atoms with Crippen LogP contribution >= 0.6 is 0 Å². The largest absolute Gasteiger partial charge is 0.493 e. The van der Waals surface area contributed by atoms with Crippen LogP contribution in [0.3, 0.4) is 0 Å². The Morgan fingerprint density at radius 2 is 1.94 bits per heavy atom. The third-order valence-electron chi connectivity index (χ3n) is 5.70. The molecule has 4 rings (SSSR count). The molecule has 1 unspecified atom stereocenters. The molecule has 9 nitrogen and oxygen atoms in total. The van der Waals surface area contributed by atoms with E-state index in [2.05, 4.69) is 4.98 Å². The Morgan fingerprint density at radius 1 is 1.16 bits per heavy atom. The first-order valence-corrected chi connectivity index (χ1v) is 10.8. The van der Waals surface area contributed by atoms with Gasteiger partial charge in [0.15, 0.2) is 22.7 Å². The topological polar surface area (TPSA) is 89.5 Å². The second-order valence-corrected chi connectivity index (χ2v) is 7.62. The van der Waals surface area contributed by atoms with Gasteiger partial charge in [-0.15, -0.1) is 0 Å². The van der Waals surface area contributed by atoms with Crippen LogP contribution in [-0.4, -0.2) is 45.1 Å². The fourth-order valence-corrected chi connectivity index (χ4v) is 3.93. The maximum atomic E-state index is 12.8. The lowest BCUT2D eigenvalue weighted by Crippen LogP contribution is -2.39. The van der Waals surface area contributed by atoms with Gasteiger partial charge in [0.05, 0.1) is 20.3 Å². The van der Waals surface area contributed by atoms with E-state index in [-0.39, 0.29) is 17.4 Å². The summed E-state index contributed by atoms with van der Waals surface area (Å²) in [5.41, 5.74) is 1.03. The van der Waals surface area contributed by atoms with Gasteiger partial charge in [-0.25, -0.2) is 9.78 Å². The Balaban J connectivity index is 1.69. The first-order chi connectivity index (χ1) is 15.5. The zero-order chi connectivity index (χ0) is 22.8. The van der Waals surface area contributed by atoms with Crippen LogP contribution in [0.1, 0.15) is 31.7 Å². The van der Waals surface area contributed by atoms with Gasteiger partial charge in [-0.2, -0.15) is 0 Å². The van der Waals surface area contributed by atoms with Crippen molar-refractivity contribution < 1.29 is 14.2 Å². The van der Waals surface area contributed by atoms with Gasteiger partial charge in [0, 0.05) is 26.6 Å². The molecule has 1 fully saturated rings. The summed E-state index contributed by atoms with van der Waals surface area (Å²) in [7, 11) is 3.39. The van der Waals surface area contributed by atoms with Gasteiger partial charge in [-0.3, -0.25) is 13.9 Å². The summed E-state index contributed by atoms with van der Waals surface area (Å²) < 4.78 is 21.3. The van der Waals surface area contributed by atoms with Gasteiger partial charge in [-0.05, 0) is 37.6 Å². The molecule has 32 heavy (non-hydrogen) atoms. The van der Waals surface area contributed by atoms with Gasteiger partial charge >= 0.3 is 5.69 Å². The number of methoxy groups -OCH3 is 1. The third-order valence-corrected chi connectivity index (χ3v) is 5.70. The van der Waals surface area contributed by atoms with Crippen molar-refractivity contribution in [3.8, 4) is 11.5 Å². The molecule has 1 atom stereocenters. The van der Waals surface area contributed by atoms with Gasteiger partial charge < -0.3 is 18.8 Å². The molecule has 0 saturated carbocycles. The lowest BCUT2D eigenvalue weighted by atomic mass is 10.2. The standard InChI is InChI=1S/C23H28N4O5/c1-5-26-21-20(22(28)27(6-2)23(26)29)25(3)19(24-21)10-8-15-7-9-17(18(13-15)30-4)32-16-11-12-31-14-16/h7-10,13,16H,5-6,11-12,14H2,1-4H3/b10-8+. The molecule has 2 aromatic heterocycles. The predicted molar refractivity (Wildman–Crippen MR) is 122 cm³/mol. The van der Waals surface area contributed by atoms with Crippen LogP contribution in [0, 0.1) is 0 Å². The Bertz CT molecular complexity index is 1280. The predicted octanol–water partition coefficient (Wildman–Crippen LogP) is 2.28. The molecule has 0 N–H and O–H groups in total. The Labute approximate surface area is 185 Å². The van der Waals surface area contributed by atoms with Crippen LogP contribution in [0.25, 0.3) is 23.3 Å². The number of aromatic nitrogens is 4. The summed E-state index contributed by atoms with van der Waals surface area (Å²) >= 11 is 0. The molecule has 1 aliphatic rings. The minimum Gasteiger partial charge on any atom is -0.493 e. The minimum atomic E-state index is -0.339. The van der Waals surface area contributed by atoms with Crippen LogP contribution in [0.5, 0.6) is 11.5 Å². The second kappa shape index (κ2) is 9.04. The highest BCUT2D eigenvalue weighted by molar-refractivity contribution is 5.77. The monoisotopic (exact) mass is 440 g/mol. The summed E-state index contributed by atoms with van der Waals surface area (Å²) in [6, 6.07) is 5.69. The van der Waals surface area contributed by atoms with E-state index >= 15 is 0 Å². The van der Waals surface area contributed by atoms with Crippen molar-refractivity contribution in [3.63, 3.8) is 0 Å². The molecule has 0 bridgehead atoms. The molecule has 1 saturated heterocycles. The molecule has 3 aromatic rings. The molecule has 3 heterocycles. The number of hydrogen-bond donors (Lipinski definition) is 0. The quantitative estimate of drug-likeness (QED) is 0.560. The van der Waals surface area contributed by atoms with Crippen LogP contribution in [-0.2, 0) is 24.9 Å². The smallest absolute Gasteiger partial charge is 0.332 e. The van der Waals surface area contributed by atoms with Crippen molar-refractivity contribution in [2.75, 3.05) is 20.3 Å². The Hall–Kier alpha value is -3.33. The highest BCUT2D eigenvalue weighted by atomic mass is 16.6. The van der Waals surface area contributed by atoms with E-state index in [4.69, 9.17) is 14.2 Å². The molecule has 1 aliphatic heterocycles. The number of fused-ring (bicyclic) bond motifs is 1. The molecule has 0 amide bonds. The summed E-state index contributed by atoms with van der Waals surface area (Å²) in [5.74, 6) is 1.89. The van der Waals surface area contributed by atoms with E-state index in [9.17, 15) is 9.59 Å². The number of hydrogen-bond acceptors (Lipinski definition) is 6. The Kier molecular flexibility index (Phi) is 6.18. The molecular formula is C23H28N4O5. The fraction of sp³-hybridized carbons (Fsp3) is 0.435. The van der Waals surface area contributed by atoms with Gasteiger partial charge in [0.25, 0.3) is 5.56 Å². The first-order valence-electron chi connectivity index (χ1n) is 10.8. The highest BCUT2D eigenvalue weighted by Gasteiger charge is 2.20. The zero-order valence-corrected chi connectivity index (χ0v) is 18.8. The van der Waals surface area contributed by atoms with Crippen molar-refractivity contribution in [3.05, 3.63) is 50.4 Å². The normalized spacial score (nSPS) is 16.3. The van der Waals surface area contributed by atoms with Crippen LogP contribution < -0.4 is 20.7 Å². The molecular weight excluding hydrogens is 412 g/mol. The number of nitrogens with zero attached hydrogens (tertiary/aromatic N) is 4. The number of benzene rings is 1. The zero-order valence-electron chi connectivity index (χ0n) is 18.8. The molecule has 9 heteroatoms. The van der Waals surface area contributed by atoms with E-state index in [0.29, 0.717) is 54.8 Å². The summed E-state index contributed by atoms with van der Waals surface area (Å²) in [4.78, 5) is 30.0. The van der Waals surface area contributed by atoms with E-state index in [1.165, 1.54) is 9.13 Å². The number of aryl methyl sites for hydroxylation is 2. The SMILES string of the molecule is CCn1c(=O)c2c(nc(/C=C/c3ccc(OC4CCOC4)c(OC)c3)n2C)n(CC)c1=O. The van der Waals surface area contributed by atoms with Gasteiger partial charge in [0.1, 0.15) is 11.9 Å². The number of rotatable bonds is 7. The van der Waals surface area contributed by atoms with Crippen molar-refractivity contribution >= 4 is 23.3 Å². The molecule has 1 aromatic carbocycles. The van der Waals surface area contributed by atoms with Crippen molar-refractivity contribution in [2.45, 2.75) is 39.5 Å². The lowest BCUT2D eigenvalue weighted by molar-refractivity contribution is 0.138. The molecule has 170 valence electrons. The molecule has 0 spiro atoms. The summed E-state index contributed by atoms with van der Waals surface area (Å²) in [6.07, 6.45) is 4.60. The van der Waals surface area contributed by atoms with Crippen molar-refractivity contribution in [2.24, 2.45) is 7.05 Å². The van der Waals surface area contributed by atoms with Crippen molar-refractivity contribution in [1.82, 2.24) is 18.7 Å². The van der Waals surface area contributed by atoms with Crippen LogP contribution in [0.2, 0.25) is 0 Å². The fourth-order valence-electron chi connectivity index (χ4n) is 3.93. The summed E-state index contributed by atoms with van der Waals surface area (Å²) in [6.45, 7) is 5.68.